The molecule has 1 aliphatic rings. The lowest BCUT2D eigenvalue weighted by atomic mass is 9.88. The van der Waals surface area contributed by atoms with Crippen LogP contribution in [-0.2, 0) is 24.1 Å². The van der Waals surface area contributed by atoms with E-state index >= 15 is 0 Å². The number of carbonyl (C=O) groups is 1. The molecular formula is C22H25N3O. The van der Waals surface area contributed by atoms with Crippen LogP contribution in [0, 0.1) is 19.8 Å². The van der Waals surface area contributed by atoms with Crippen molar-refractivity contribution < 1.29 is 4.79 Å². The van der Waals surface area contributed by atoms with Gasteiger partial charge in [0.2, 0.25) is 5.91 Å². The van der Waals surface area contributed by atoms with E-state index in [9.17, 15) is 4.79 Å². The zero-order valence-electron chi connectivity index (χ0n) is 15.7. The van der Waals surface area contributed by atoms with E-state index in [4.69, 9.17) is 4.98 Å². The number of carbonyl (C=O) groups excluding carboxylic acids is 1. The summed E-state index contributed by atoms with van der Waals surface area (Å²) in [6.07, 6.45) is 5.51. The summed E-state index contributed by atoms with van der Waals surface area (Å²) in [4.78, 5) is 17.7. The SMILES string of the molecule is CCc1cccc(C)c1NC(=O)C1CCc2nc3ccc(C)cn3c2C1. The number of anilines is 1. The van der Waals surface area contributed by atoms with Gasteiger partial charge in [-0.15, -0.1) is 0 Å². The summed E-state index contributed by atoms with van der Waals surface area (Å²) in [5.74, 6) is 0.120. The number of amides is 1. The maximum Gasteiger partial charge on any atom is 0.227 e. The average molecular weight is 347 g/mol. The number of para-hydroxylation sites is 1. The van der Waals surface area contributed by atoms with E-state index in [-0.39, 0.29) is 11.8 Å². The van der Waals surface area contributed by atoms with E-state index in [1.54, 1.807) is 0 Å². The maximum atomic E-state index is 13.0. The number of aromatic nitrogens is 2. The van der Waals surface area contributed by atoms with Crippen LogP contribution in [0.3, 0.4) is 0 Å². The number of nitrogens with one attached hydrogen (secondary N) is 1. The summed E-state index contributed by atoms with van der Waals surface area (Å²) in [6, 6.07) is 10.3. The molecule has 4 nitrogen and oxygen atoms in total. The number of aryl methyl sites for hydroxylation is 4. The van der Waals surface area contributed by atoms with Crippen molar-refractivity contribution >= 4 is 17.2 Å². The van der Waals surface area contributed by atoms with Gasteiger partial charge in [-0.2, -0.15) is 0 Å². The van der Waals surface area contributed by atoms with Gasteiger partial charge in [-0.05, 0) is 55.9 Å². The minimum absolute atomic E-state index is 0.00720. The molecule has 4 rings (SSSR count). The third kappa shape index (κ3) is 2.90. The predicted molar refractivity (Wildman–Crippen MR) is 105 cm³/mol. The number of imidazole rings is 1. The van der Waals surface area contributed by atoms with E-state index in [0.717, 1.165) is 48.3 Å². The van der Waals surface area contributed by atoms with E-state index in [1.165, 1.54) is 16.8 Å². The number of hydrogen-bond donors (Lipinski definition) is 1. The van der Waals surface area contributed by atoms with Gasteiger partial charge in [-0.1, -0.05) is 31.2 Å². The summed E-state index contributed by atoms with van der Waals surface area (Å²) in [7, 11) is 0. The Balaban J connectivity index is 1.60. The van der Waals surface area contributed by atoms with Crippen molar-refractivity contribution in [2.24, 2.45) is 5.92 Å². The van der Waals surface area contributed by atoms with Crippen molar-refractivity contribution in [1.29, 1.82) is 0 Å². The summed E-state index contributed by atoms with van der Waals surface area (Å²) in [6.45, 7) is 6.27. The molecule has 26 heavy (non-hydrogen) atoms. The second kappa shape index (κ2) is 6.60. The number of fused-ring (bicyclic) bond motifs is 3. The fourth-order valence-electron chi connectivity index (χ4n) is 3.96. The van der Waals surface area contributed by atoms with Crippen molar-refractivity contribution in [2.45, 2.75) is 46.5 Å². The molecule has 0 spiro atoms. The van der Waals surface area contributed by atoms with Gasteiger partial charge in [0.15, 0.2) is 0 Å². The minimum Gasteiger partial charge on any atom is -0.325 e. The van der Waals surface area contributed by atoms with Crippen LogP contribution in [0.5, 0.6) is 0 Å². The molecule has 0 bridgehead atoms. The van der Waals surface area contributed by atoms with Crippen molar-refractivity contribution in [1.82, 2.24) is 9.38 Å². The molecule has 3 aromatic rings. The highest BCUT2D eigenvalue weighted by molar-refractivity contribution is 5.94. The number of nitrogens with zero attached hydrogens (tertiary/aromatic N) is 2. The second-order valence-corrected chi connectivity index (χ2v) is 7.33. The van der Waals surface area contributed by atoms with Crippen LogP contribution in [0.2, 0.25) is 0 Å². The molecule has 0 radical (unpaired) electrons. The third-order valence-corrected chi connectivity index (χ3v) is 5.48. The first-order valence-corrected chi connectivity index (χ1v) is 9.42. The van der Waals surface area contributed by atoms with Crippen molar-refractivity contribution in [3.05, 3.63) is 64.6 Å². The van der Waals surface area contributed by atoms with Gasteiger partial charge in [-0.3, -0.25) is 4.79 Å². The Morgan fingerprint density at radius 3 is 2.92 bits per heavy atom. The molecule has 0 fully saturated rings. The minimum atomic E-state index is -0.00720. The Kier molecular flexibility index (Phi) is 4.27. The summed E-state index contributed by atoms with van der Waals surface area (Å²) >= 11 is 0. The van der Waals surface area contributed by atoms with Gasteiger partial charge in [0, 0.05) is 29.9 Å². The van der Waals surface area contributed by atoms with E-state index < -0.39 is 0 Å². The van der Waals surface area contributed by atoms with Crippen molar-refractivity contribution in [3.63, 3.8) is 0 Å². The molecule has 2 aromatic heterocycles. The molecule has 2 heterocycles. The smallest absolute Gasteiger partial charge is 0.227 e. The van der Waals surface area contributed by atoms with Gasteiger partial charge in [0.25, 0.3) is 0 Å². The Labute approximate surface area is 154 Å². The predicted octanol–water partition coefficient (Wildman–Crippen LogP) is 4.26. The zero-order chi connectivity index (χ0) is 18.3. The Bertz CT molecular complexity index is 986. The molecule has 0 saturated heterocycles. The van der Waals surface area contributed by atoms with E-state index in [2.05, 4.69) is 67.0 Å². The normalized spacial score (nSPS) is 16.5. The van der Waals surface area contributed by atoms with Crippen molar-refractivity contribution in [2.75, 3.05) is 5.32 Å². The van der Waals surface area contributed by atoms with Crippen LogP contribution in [0.25, 0.3) is 5.65 Å². The molecule has 134 valence electrons. The molecule has 1 aromatic carbocycles. The second-order valence-electron chi connectivity index (χ2n) is 7.33. The van der Waals surface area contributed by atoms with Gasteiger partial charge >= 0.3 is 0 Å². The monoisotopic (exact) mass is 347 g/mol. The first-order chi connectivity index (χ1) is 12.6. The quantitative estimate of drug-likeness (QED) is 0.769. The first kappa shape index (κ1) is 16.8. The number of hydrogen-bond acceptors (Lipinski definition) is 2. The van der Waals surface area contributed by atoms with Crippen LogP contribution < -0.4 is 5.32 Å². The van der Waals surface area contributed by atoms with Crippen LogP contribution in [0.1, 0.15) is 41.4 Å². The van der Waals surface area contributed by atoms with Gasteiger partial charge < -0.3 is 9.72 Å². The summed E-state index contributed by atoms with van der Waals surface area (Å²) in [5.41, 5.74) is 7.82. The van der Waals surface area contributed by atoms with E-state index in [0.29, 0.717) is 0 Å². The Morgan fingerprint density at radius 2 is 2.12 bits per heavy atom. The molecular weight excluding hydrogens is 322 g/mol. The molecule has 0 saturated carbocycles. The highest BCUT2D eigenvalue weighted by Crippen LogP contribution is 2.29. The highest BCUT2D eigenvalue weighted by Gasteiger charge is 2.28. The van der Waals surface area contributed by atoms with E-state index in [1.807, 2.05) is 0 Å². The lowest BCUT2D eigenvalue weighted by Crippen LogP contribution is -2.29. The van der Waals surface area contributed by atoms with Gasteiger partial charge in [0.1, 0.15) is 5.65 Å². The Hall–Kier alpha value is -2.62. The molecule has 1 N–H and O–H groups in total. The number of benzene rings is 1. The highest BCUT2D eigenvalue weighted by atomic mass is 16.1. The van der Waals surface area contributed by atoms with Gasteiger partial charge in [-0.25, -0.2) is 4.98 Å². The maximum absolute atomic E-state index is 13.0. The first-order valence-electron chi connectivity index (χ1n) is 9.42. The van der Waals surface area contributed by atoms with Gasteiger partial charge in [0.05, 0.1) is 5.69 Å². The lowest BCUT2D eigenvalue weighted by molar-refractivity contribution is -0.120. The standard InChI is InChI=1S/C22H25N3O/c1-4-16-7-5-6-15(3)21(16)24-22(26)17-9-10-18-19(12-17)25-13-14(2)8-11-20(25)23-18/h5-8,11,13,17H,4,9-10,12H2,1-3H3,(H,24,26). The molecule has 1 aliphatic carbocycles. The zero-order valence-corrected chi connectivity index (χ0v) is 15.7. The molecule has 4 heteroatoms. The molecule has 0 aliphatic heterocycles. The molecule has 1 amide bonds. The molecule has 1 atom stereocenters. The van der Waals surface area contributed by atoms with Crippen molar-refractivity contribution in [3.8, 4) is 0 Å². The Morgan fingerprint density at radius 1 is 1.27 bits per heavy atom. The lowest BCUT2D eigenvalue weighted by Gasteiger charge is -2.22. The fraction of sp³-hybridized carbons (Fsp3) is 0.364. The molecule has 1 unspecified atom stereocenters. The average Bonchev–Trinajstić information content (AvgIpc) is 3.00. The number of pyridine rings is 1. The third-order valence-electron chi connectivity index (χ3n) is 5.48. The van der Waals surface area contributed by atoms with Crippen LogP contribution in [0.4, 0.5) is 5.69 Å². The summed E-state index contributed by atoms with van der Waals surface area (Å²) < 4.78 is 2.16. The largest absolute Gasteiger partial charge is 0.325 e. The van der Waals surface area contributed by atoms with Crippen LogP contribution >= 0.6 is 0 Å². The fourth-order valence-corrected chi connectivity index (χ4v) is 3.96. The van der Waals surface area contributed by atoms with Crippen LogP contribution in [-0.4, -0.2) is 15.3 Å². The van der Waals surface area contributed by atoms with Crippen LogP contribution in [0.15, 0.2) is 36.5 Å². The number of rotatable bonds is 3. The summed E-state index contributed by atoms with van der Waals surface area (Å²) in [5, 5.41) is 3.21. The topological polar surface area (TPSA) is 46.4 Å².